The van der Waals surface area contributed by atoms with Crippen molar-refractivity contribution in [1.29, 1.82) is 0 Å². The van der Waals surface area contributed by atoms with Gasteiger partial charge < -0.3 is 5.32 Å². The van der Waals surface area contributed by atoms with Crippen LogP contribution in [-0.4, -0.2) is 11.9 Å². The third kappa shape index (κ3) is 3.52. The fourth-order valence-electron chi connectivity index (χ4n) is 2.76. The first-order valence-corrected chi connectivity index (χ1v) is 6.85. The van der Waals surface area contributed by atoms with Gasteiger partial charge in [0, 0.05) is 6.04 Å². The van der Waals surface area contributed by atoms with Crippen LogP contribution in [0.25, 0.3) is 0 Å². The van der Waals surface area contributed by atoms with Gasteiger partial charge in [-0.25, -0.2) is 0 Å². The van der Waals surface area contributed by atoms with Gasteiger partial charge in [-0.1, -0.05) is 31.9 Å². The highest BCUT2D eigenvalue weighted by Crippen LogP contribution is 2.32. The maximum Gasteiger partial charge on any atom is 0.417 e. The van der Waals surface area contributed by atoms with E-state index in [1.165, 1.54) is 18.2 Å². The predicted octanol–water partition coefficient (Wildman–Crippen LogP) is 4.01. The lowest BCUT2D eigenvalue weighted by atomic mass is 9.87. The van der Waals surface area contributed by atoms with Crippen LogP contribution in [0.4, 0.5) is 13.2 Å². The van der Waals surface area contributed by atoms with Gasteiger partial charge in [0.1, 0.15) is 0 Å². The van der Waals surface area contributed by atoms with Gasteiger partial charge in [-0.2, -0.15) is 13.2 Å². The zero-order valence-corrected chi connectivity index (χ0v) is 11.3. The molecule has 1 saturated carbocycles. The Morgan fingerprint density at radius 1 is 1.25 bits per heavy atom. The van der Waals surface area contributed by atoms with Gasteiger partial charge in [0.2, 0.25) is 0 Å². The molecule has 2 atom stereocenters. The topological polar surface area (TPSA) is 29.1 Å². The average molecular weight is 285 g/mol. The van der Waals surface area contributed by atoms with Crippen molar-refractivity contribution in [3.05, 3.63) is 35.4 Å². The largest absolute Gasteiger partial charge is 0.417 e. The summed E-state index contributed by atoms with van der Waals surface area (Å²) in [6.07, 6.45) is -0.712. The van der Waals surface area contributed by atoms with Crippen LogP contribution in [0.5, 0.6) is 0 Å². The Balaban J connectivity index is 2.13. The van der Waals surface area contributed by atoms with Crippen LogP contribution in [0.2, 0.25) is 0 Å². The Morgan fingerprint density at radius 2 is 1.95 bits per heavy atom. The lowest BCUT2D eigenvalue weighted by molar-refractivity contribution is -0.137. The number of alkyl halides is 3. The molecule has 1 N–H and O–H groups in total. The summed E-state index contributed by atoms with van der Waals surface area (Å²) in [6, 6.07) is 4.89. The first-order chi connectivity index (χ1) is 9.38. The number of carbonyl (C=O) groups is 1. The number of hydrogen-bond donors (Lipinski definition) is 1. The summed E-state index contributed by atoms with van der Waals surface area (Å²) in [5.74, 6) is -0.121. The third-order valence-electron chi connectivity index (χ3n) is 3.75. The molecule has 1 aliphatic rings. The zero-order chi connectivity index (χ0) is 14.8. The molecule has 0 aliphatic heterocycles. The second-order valence-corrected chi connectivity index (χ2v) is 5.49. The van der Waals surface area contributed by atoms with Crippen molar-refractivity contribution >= 4 is 5.91 Å². The monoisotopic (exact) mass is 285 g/mol. The third-order valence-corrected chi connectivity index (χ3v) is 3.75. The number of halogens is 3. The molecular formula is C15H18F3NO. The molecule has 1 aromatic rings. The van der Waals surface area contributed by atoms with Gasteiger partial charge in [0.15, 0.2) is 0 Å². The van der Waals surface area contributed by atoms with E-state index in [0.717, 1.165) is 31.7 Å². The molecule has 2 rings (SSSR count). The lowest BCUT2D eigenvalue weighted by Crippen LogP contribution is -2.38. The van der Waals surface area contributed by atoms with E-state index in [1.807, 2.05) is 0 Å². The second-order valence-electron chi connectivity index (χ2n) is 5.49. The number of amides is 1. The van der Waals surface area contributed by atoms with Crippen LogP contribution in [0.15, 0.2) is 24.3 Å². The normalized spacial score (nSPS) is 23.4. The van der Waals surface area contributed by atoms with Crippen molar-refractivity contribution in [2.24, 2.45) is 5.92 Å². The van der Waals surface area contributed by atoms with Crippen molar-refractivity contribution in [1.82, 2.24) is 5.32 Å². The summed E-state index contributed by atoms with van der Waals surface area (Å²) in [6.45, 7) is 2.10. The summed E-state index contributed by atoms with van der Waals surface area (Å²) in [5.41, 5.74) is -1.17. The Hall–Kier alpha value is -1.52. The maximum atomic E-state index is 12.9. The Labute approximate surface area is 116 Å². The molecule has 0 heterocycles. The number of carbonyl (C=O) groups excluding carboxylic acids is 1. The van der Waals surface area contributed by atoms with Crippen molar-refractivity contribution in [3.63, 3.8) is 0 Å². The van der Waals surface area contributed by atoms with Gasteiger partial charge in [0.05, 0.1) is 11.1 Å². The van der Waals surface area contributed by atoms with Crippen LogP contribution in [-0.2, 0) is 6.18 Å². The smallest absolute Gasteiger partial charge is 0.349 e. The van der Waals surface area contributed by atoms with E-state index in [0.29, 0.717) is 5.92 Å². The fourth-order valence-corrected chi connectivity index (χ4v) is 2.76. The zero-order valence-electron chi connectivity index (χ0n) is 11.3. The number of hydrogen-bond acceptors (Lipinski definition) is 1. The van der Waals surface area contributed by atoms with E-state index in [9.17, 15) is 18.0 Å². The van der Waals surface area contributed by atoms with E-state index >= 15 is 0 Å². The first-order valence-electron chi connectivity index (χ1n) is 6.85. The molecule has 5 heteroatoms. The van der Waals surface area contributed by atoms with E-state index in [1.54, 1.807) is 0 Å². The summed E-state index contributed by atoms with van der Waals surface area (Å²) in [5, 5.41) is 2.74. The molecule has 1 fully saturated rings. The number of benzene rings is 1. The summed E-state index contributed by atoms with van der Waals surface area (Å²) >= 11 is 0. The molecule has 2 unspecified atom stereocenters. The first kappa shape index (κ1) is 14.9. The van der Waals surface area contributed by atoms with Gasteiger partial charge in [-0.05, 0) is 30.9 Å². The summed E-state index contributed by atoms with van der Waals surface area (Å²) in [4.78, 5) is 12.1. The molecule has 1 amide bonds. The van der Waals surface area contributed by atoms with Gasteiger partial charge >= 0.3 is 6.18 Å². The molecule has 1 aliphatic carbocycles. The Bertz CT molecular complexity index is 484. The Kier molecular flexibility index (Phi) is 4.35. The SMILES string of the molecule is CC1CCCC(NC(=O)c2ccccc2C(F)(F)F)C1. The van der Waals surface area contributed by atoms with Crippen LogP contribution in [0.3, 0.4) is 0 Å². The minimum atomic E-state index is -4.51. The molecule has 0 aromatic heterocycles. The summed E-state index contributed by atoms with van der Waals surface area (Å²) in [7, 11) is 0. The number of rotatable bonds is 2. The molecule has 2 nitrogen and oxygen atoms in total. The summed E-state index contributed by atoms with van der Waals surface area (Å²) < 4.78 is 38.6. The van der Waals surface area contributed by atoms with Crippen molar-refractivity contribution in [3.8, 4) is 0 Å². The maximum absolute atomic E-state index is 12.9. The minimum Gasteiger partial charge on any atom is -0.349 e. The van der Waals surface area contributed by atoms with Crippen molar-refractivity contribution < 1.29 is 18.0 Å². The predicted molar refractivity (Wildman–Crippen MR) is 70.3 cm³/mol. The highest BCUT2D eigenvalue weighted by Gasteiger charge is 2.35. The molecule has 0 spiro atoms. The van der Waals surface area contributed by atoms with Crippen LogP contribution < -0.4 is 5.32 Å². The molecule has 0 radical (unpaired) electrons. The number of nitrogens with one attached hydrogen (secondary N) is 1. The van der Waals surface area contributed by atoms with E-state index in [-0.39, 0.29) is 11.6 Å². The lowest BCUT2D eigenvalue weighted by Gasteiger charge is -2.27. The minimum absolute atomic E-state index is 0.0208. The standard InChI is InChI=1S/C15H18F3NO/c1-10-5-4-6-11(9-10)19-14(20)12-7-2-3-8-13(12)15(16,17)18/h2-3,7-8,10-11H,4-6,9H2,1H3,(H,19,20). The molecular weight excluding hydrogens is 267 g/mol. The second kappa shape index (κ2) is 5.85. The van der Waals surface area contributed by atoms with Gasteiger partial charge in [0.25, 0.3) is 5.91 Å². The van der Waals surface area contributed by atoms with Crippen LogP contribution in [0, 0.1) is 5.92 Å². The van der Waals surface area contributed by atoms with Crippen LogP contribution in [0.1, 0.15) is 48.5 Å². The van der Waals surface area contributed by atoms with Crippen LogP contribution >= 0.6 is 0 Å². The molecule has 0 bridgehead atoms. The highest BCUT2D eigenvalue weighted by molar-refractivity contribution is 5.96. The van der Waals surface area contributed by atoms with Gasteiger partial charge in [-0.15, -0.1) is 0 Å². The molecule has 110 valence electrons. The fraction of sp³-hybridized carbons (Fsp3) is 0.533. The van der Waals surface area contributed by atoms with E-state index in [4.69, 9.17) is 0 Å². The van der Waals surface area contributed by atoms with E-state index < -0.39 is 17.6 Å². The highest BCUT2D eigenvalue weighted by atomic mass is 19.4. The molecule has 1 aromatic carbocycles. The quantitative estimate of drug-likeness (QED) is 0.874. The average Bonchev–Trinajstić information content (AvgIpc) is 2.37. The molecule has 20 heavy (non-hydrogen) atoms. The van der Waals surface area contributed by atoms with E-state index in [2.05, 4.69) is 12.2 Å². The van der Waals surface area contributed by atoms with Gasteiger partial charge in [-0.3, -0.25) is 4.79 Å². The van der Waals surface area contributed by atoms with Crippen molar-refractivity contribution in [2.45, 2.75) is 44.8 Å². The molecule has 0 saturated heterocycles. The van der Waals surface area contributed by atoms with Crippen molar-refractivity contribution in [2.75, 3.05) is 0 Å². The Morgan fingerprint density at radius 3 is 2.60 bits per heavy atom.